The Hall–Kier alpha value is -1.63. The molecule has 2 aliphatic rings. The smallest absolute Gasteiger partial charge is 0.131 e. The van der Waals surface area contributed by atoms with Crippen molar-refractivity contribution >= 4 is 16.8 Å². The Kier molecular flexibility index (Phi) is 2.48. The number of rotatable bonds is 0. The van der Waals surface area contributed by atoms with Crippen LogP contribution in [-0.2, 0) is 19.3 Å². The summed E-state index contributed by atoms with van der Waals surface area (Å²) < 4.78 is 14.3. The maximum absolute atomic E-state index is 14.3. The van der Waals surface area contributed by atoms with Crippen molar-refractivity contribution in [3.05, 3.63) is 52.3 Å². The first-order valence-electron chi connectivity index (χ1n) is 7.27. The molecule has 19 heavy (non-hydrogen) atoms. The van der Waals surface area contributed by atoms with E-state index in [0.29, 0.717) is 0 Å². The van der Waals surface area contributed by atoms with Gasteiger partial charge in [0.1, 0.15) is 5.82 Å². The van der Waals surface area contributed by atoms with E-state index in [9.17, 15) is 4.39 Å². The molecule has 1 heteroatoms. The van der Waals surface area contributed by atoms with E-state index in [2.05, 4.69) is 18.2 Å². The van der Waals surface area contributed by atoms with Gasteiger partial charge < -0.3 is 0 Å². The second-order valence-corrected chi connectivity index (χ2v) is 5.70. The molecule has 0 unspecified atom stereocenters. The zero-order valence-electron chi connectivity index (χ0n) is 11.0. The molecular formula is C18H17F. The van der Waals surface area contributed by atoms with Gasteiger partial charge in [-0.1, -0.05) is 24.3 Å². The van der Waals surface area contributed by atoms with Crippen LogP contribution < -0.4 is 0 Å². The Morgan fingerprint density at radius 2 is 1.79 bits per heavy atom. The number of allylic oxidation sites excluding steroid dienone is 1. The minimum atomic E-state index is -0.0441. The molecule has 0 nitrogen and oxygen atoms in total. The molecular weight excluding hydrogens is 235 g/mol. The maximum atomic E-state index is 14.3. The third-order valence-corrected chi connectivity index (χ3v) is 4.60. The molecule has 0 atom stereocenters. The predicted molar refractivity (Wildman–Crippen MR) is 77.9 cm³/mol. The number of hydrogen-bond donors (Lipinski definition) is 0. The Bertz CT molecular complexity index is 695. The fourth-order valence-corrected chi connectivity index (χ4v) is 3.66. The van der Waals surface area contributed by atoms with Crippen LogP contribution in [0.3, 0.4) is 0 Å². The van der Waals surface area contributed by atoms with Crippen LogP contribution in [0.4, 0.5) is 4.39 Å². The molecule has 0 N–H and O–H groups in total. The normalized spacial score (nSPS) is 17.3. The van der Waals surface area contributed by atoms with Crippen molar-refractivity contribution in [1.82, 2.24) is 0 Å². The third kappa shape index (κ3) is 1.64. The van der Waals surface area contributed by atoms with Gasteiger partial charge in [-0.25, -0.2) is 4.39 Å². The van der Waals surface area contributed by atoms with E-state index in [0.717, 1.165) is 31.2 Å². The molecule has 0 heterocycles. The van der Waals surface area contributed by atoms with Gasteiger partial charge in [0, 0.05) is 5.56 Å². The highest BCUT2D eigenvalue weighted by Gasteiger charge is 2.18. The molecule has 2 aliphatic carbocycles. The molecule has 0 saturated carbocycles. The third-order valence-electron chi connectivity index (χ3n) is 4.60. The highest BCUT2D eigenvalue weighted by Crippen LogP contribution is 2.35. The molecule has 0 amide bonds. The number of hydrogen-bond acceptors (Lipinski definition) is 0. The van der Waals surface area contributed by atoms with Crippen LogP contribution in [0.5, 0.6) is 0 Å². The van der Waals surface area contributed by atoms with Crippen molar-refractivity contribution in [3.8, 4) is 0 Å². The first kappa shape index (κ1) is 11.2. The van der Waals surface area contributed by atoms with E-state index in [1.165, 1.54) is 40.3 Å². The molecule has 0 aromatic heterocycles. The van der Waals surface area contributed by atoms with Gasteiger partial charge in [0.15, 0.2) is 0 Å². The largest absolute Gasteiger partial charge is 0.206 e. The predicted octanol–water partition coefficient (Wildman–Crippen LogP) is 4.82. The minimum absolute atomic E-state index is 0.0441. The van der Waals surface area contributed by atoms with E-state index in [1.54, 1.807) is 6.07 Å². The SMILES string of the molecule is Fc1cc2c3c(ccc2c2c1C=CCC2)CCCC3. The van der Waals surface area contributed by atoms with Crippen LogP contribution in [-0.4, -0.2) is 0 Å². The van der Waals surface area contributed by atoms with E-state index in [1.807, 2.05) is 6.08 Å². The van der Waals surface area contributed by atoms with Crippen LogP contribution in [0.2, 0.25) is 0 Å². The lowest BCUT2D eigenvalue weighted by Crippen LogP contribution is -2.06. The number of halogens is 1. The summed E-state index contributed by atoms with van der Waals surface area (Å²) in [6, 6.07) is 6.26. The van der Waals surface area contributed by atoms with E-state index in [-0.39, 0.29) is 5.82 Å². The van der Waals surface area contributed by atoms with Gasteiger partial charge in [0.25, 0.3) is 0 Å². The average Bonchev–Trinajstić information content (AvgIpc) is 2.47. The fourth-order valence-electron chi connectivity index (χ4n) is 3.66. The summed E-state index contributed by atoms with van der Waals surface area (Å²) >= 11 is 0. The summed E-state index contributed by atoms with van der Waals surface area (Å²) in [6.07, 6.45) is 10.8. The summed E-state index contributed by atoms with van der Waals surface area (Å²) in [6.45, 7) is 0. The second kappa shape index (κ2) is 4.19. The highest BCUT2D eigenvalue weighted by molar-refractivity contribution is 5.93. The first-order chi connectivity index (χ1) is 9.34. The Balaban J connectivity index is 2.09. The molecule has 0 bridgehead atoms. The van der Waals surface area contributed by atoms with Gasteiger partial charge >= 0.3 is 0 Å². The van der Waals surface area contributed by atoms with Gasteiger partial charge in [0.2, 0.25) is 0 Å². The molecule has 96 valence electrons. The van der Waals surface area contributed by atoms with Crippen LogP contribution in [0.1, 0.15) is 41.5 Å². The van der Waals surface area contributed by atoms with Crippen LogP contribution in [0.25, 0.3) is 16.8 Å². The fraction of sp³-hybridized carbons (Fsp3) is 0.333. The lowest BCUT2D eigenvalue weighted by atomic mass is 9.84. The molecule has 2 aromatic carbocycles. The van der Waals surface area contributed by atoms with Crippen molar-refractivity contribution < 1.29 is 4.39 Å². The van der Waals surface area contributed by atoms with Crippen molar-refractivity contribution in [2.75, 3.05) is 0 Å². The maximum Gasteiger partial charge on any atom is 0.131 e. The minimum Gasteiger partial charge on any atom is -0.206 e. The number of aryl methyl sites for hydroxylation is 3. The monoisotopic (exact) mass is 252 g/mol. The Labute approximate surface area is 112 Å². The van der Waals surface area contributed by atoms with E-state index >= 15 is 0 Å². The molecule has 0 spiro atoms. The average molecular weight is 252 g/mol. The summed E-state index contributed by atoms with van der Waals surface area (Å²) in [5.74, 6) is -0.0441. The first-order valence-corrected chi connectivity index (χ1v) is 7.27. The molecule has 0 aliphatic heterocycles. The molecule has 0 radical (unpaired) electrons. The highest BCUT2D eigenvalue weighted by atomic mass is 19.1. The van der Waals surface area contributed by atoms with Crippen LogP contribution >= 0.6 is 0 Å². The van der Waals surface area contributed by atoms with Crippen molar-refractivity contribution in [2.45, 2.75) is 38.5 Å². The van der Waals surface area contributed by atoms with Crippen LogP contribution in [0, 0.1) is 5.82 Å². The summed E-state index contributed by atoms with van der Waals surface area (Å²) in [5, 5.41) is 2.45. The van der Waals surface area contributed by atoms with Crippen molar-refractivity contribution in [2.24, 2.45) is 0 Å². The number of benzene rings is 2. The van der Waals surface area contributed by atoms with Gasteiger partial charge in [0.05, 0.1) is 0 Å². The van der Waals surface area contributed by atoms with Gasteiger partial charge in [-0.2, -0.15) is 0 Å². The zero-order valence-corrected chi connectivity index (χ0v) is 11.0. The Morgan fingerprint density at radius 3 is 2.74 bits per heavy atom. The Morgan fingerprint density at radius 1 is 0.895 bits per heavy atom. The topological polar surface area (TPSA) is 0 Å². The van der Waals surface area contributed by atoms with Gasteiger partial charge in [-0.3, -0.25) is 0 Å². The second-order valence-electron chi connectivity index (χ2n) is 5.70. The van der Waals surface area contributed by atoms with Crippen LogP contribution in [0.15, 0.2) is 24.3 Å². The molecule has 0 fully saturated rings. The van der Waals surface area contributed by atoms with Gasteiger partial charge in [-0.05, 0) is 72.1 Å². The van der Waals surface area contributed by atoms with Gasteiger partial charge in [-0.15, -0.1) is 0 Å². The summed E-state index contributed by atoms with van der Waals surface area (Å²) in [5.41, 5.74) is 4.87. The number of fused-ring (bicyclic) bond motifs is 5. The van der Waals surface area contributed by atoms with Crippen molar-refractivity contribution in [3.63, 3.8) is 0 Å². The van der Waals surface area contributed by atoms with E-state index < -0.39 is 0 Å². The summed E-state index contributed by atoms with van der Waals surface area (Å²) in [4.78, 5) is 0. The van der Waals surface area contributed by atoms with E-state index in [4.69, 9.17) is 0 Å². The zero-order chi connectivity index (χ0) is 12.8. The summed E-state index contributed by atoms with van der Waals surface area (Å²) in [7, 11) is 0. The standard InChI is InChI=1S/C18H17F/c19-18-11-17-13-6-2-1-5-12(13)9-10-15(17)14-7-3-4-8-16(14)18/h4,8-11H,1-3,5-7H2. The molecule has 0 saturated heterocycles. The molecule has 2 aromatic rings. The lowest BCUT2D eigenvalue weighted by molar-refractivity contribution is 0.623. The molecule has 4 rings (SSSR count). The lowest BCUT2D eigenvalue weighted by Gasteiger charge is -2.21. The van der Waals surface area contributed by atoms with Crippen molar-refractivity contribution in [1.29, 1.82) is 0 Å². The quantitative estimate of drug-likeness (QED) is 0.630.